The van der Waals surface area contributed by atoms with Gasteiger partial charge >= 0.3 is 5.97 Å². The Hall–Kier alpha value is -2.19. The van der Waals surface area contributed by atoms with Crippen molar-refractivity contribution in [3.63, 3.8) is 0 Å². The van der Waals surface area contributed by atoms with Gasteiger partial charge in [0.1, 0.15) is 18.9 Å². The molecule has 0 aliphatic carbocycles. The molecule has 0 bridgehead atoms. The second-order valence-electron chi connectivity index (χ2n) is 5.10. The van der Waals surface area contributed by atoms with Gasteiger partial charge in [0, 0.05) is 0 Å². The van der Waals surface area contributed by atoms with Crippen LogP contribution in [0, 0.1) is 20.8 Å². The van der Waals surface area contributed by atoms with E-state index in [1.54, 1.807) is 26.0 Å². The number of carbonyl (C=O) groups is 1. The van der Waals surface area contributed by atoms with Crippen LogP contribution in [0.15, 0.2) is 33.7 Å². The average Bonchev–Trinajstić information content (AvgIpc) is 2.82. The molecule has 0 spiro atoms. The highest BCUT2D eigenvalue weighted by Gasteiger charge is 2.17. The highest BCUT2D eigenvalue weighted by atomic mass is 32.2. The fraction of sp³-hybridized carbons (Fsp3) is 0.333. The monoisotopic (exact) mass is 338 g/mol. The topological polar surface area (TPSA) is 98.5 Å². The average molecular weight is 338 g/mol. The second-order valence-corrected chi connectivity index (χ2v) is 6.87. The molecule has 7 nitrogen and oxygen atoms in total. The van der Waals surface area contributed by atoms with Crippen LogP contribution in [0.1, 0.15) is 22.6 Å². The van der Waals surface area contributed by atoms with Gasteiger partial charge in [-0.1, -0.05) is 22.9 Å². The standard InChI is InChI=1S/C15H18N2O5S/c1-10-4-6-13(7-5-10)23(19,20)16-8-15(18)21-9-14-11(2)17-22-12(14)3/h4-7,16H,8-9H2,1-3H3. The number of esters is 1. The Bertz CT molecular complexity index is 774. The van der Waals surface area contributed by atoms with Crippen molar-refractivity contribution < 1.29 is 22.5 Å². The van der Waals surface area contributed by atoms with Gasteiger partial charge in [-0.2, -0.15) is 4.72 Å². The Kier molecular flexibility index (Phi) is 5.17. The van der Waals surface area contributed by atoms with Gasteiger partial charge in [-0.3, -0.25) is 4.79 Å². The van der Waals surface area contributed by atoms with Crippen LogP contribution in [-0.2, 0) is 26.2 Å². The third kappa shape index (κ3) is 4.40. The third-order valence-electron chi connectivity index (χ3n) is 3.30. The summed E-state index contributed by atoms with van der Waals surface area (Å²) in [5.41, 5.74) is 2.26. The SMILES string of the molecule is Cc1ccc(S(=O)(=O)NCC(=O)OCc2c(C)noc2C)cc1. The van der Waals surface area contributed by atoms with E-state index >= 15 is 0 Å². The van der Waals surface area contributed by atoms with Gasteiger partial charge in [0.2, 0.25) is 10.0 Å². The van der Waals surface area contributed by atoms with Crippen LogP contribution in [0.5, 0.6) is 0 Å². The first-order valence-electron chi connectivity index (χ1n) is 6.93. The van der Waals surface area contributed by atoms with Crippen LogP contribution in [0.2, 0.25) is 0 Å². The van der Waals surface area contributed by atoms with E-state index in [0.29, 0.717) is 17.0 Å². The van der Waals surface area contributed by atoms with Crippen molar-refractivity contribution in [2.75, 3.05) is 6.54 Å². The first kappa shape index (κ1) is 17.2. The maximum atomic E-state index is 12.0. The maximum absolute atomic E-state index is 12.0. The molecule has 2 rings (SSSR count). The van der Waals surface area contributed by atoms with E-state index in [2.05, 4.69) is 9.88 Å². The number of nitrogens with zero attached hydrogens (tertiary/aromatic N) is 1. The number of sulfonamides is 1. The van der Waals surface area contributed by atoms with Gasteiger partial charge in [0.05, 0.1) is 16.2 Å². The number of aryl methyl sites for hydroxylation is 3. The van der Waals surface area contributed by atoms with Crippen molar-refractivity contribution in [1.82, 2.24) is 9.88 Å². The lowest BCUT2D eigenvalue weighted by Gasteiger charge is -2.07. The number of ether oxygens (including phenoxy) is 1. The number of hydrogen-bond acceptors (Lipinski definition) is 6. The molecule has 0 radical (unpaired) electrons. The maximum Gasteiger partial charge on any atom is 0.321 e. The summed E-state index contributed by atoms with van der Waals surface area (Å²) in [7, 11) is -3.74. The van der Waals surface area contributed by atoms with Crippen LogP contribution in [0.25, 0.3) is 0 Å². The number of hydrogen-bond donors (Lipinski definition) is 1. The number of carbonyl (C=O) groups excluding carboxylic acids is 1. The number of benzene rings is 1. The van der Waals surface area contributed by atoms with Crippen molar-refractivity contribution >= 4 is 16.0 Å². The van der Waals surface area contributed by atoms with E-state index in [1.807, 2.05) is 6.92 Å². The Morgan fingerprint density at radius 2 is 1.87 bits per heavy atom. The largest absolute Gasteiger partial charge is 0.460 e. The Balaban J connectivity index is 1.90. The van der Waals surface area contributed by atoms with Crippen LogP contribution in [-0.4, -0.2) is 26.1 Å². The minimum Gasteiger partial charge on any atom is -0.460 e. The number of aromatic nitrogens is 1. The summed E-state index contributed by atoms with van der Waals surface area (Å²) < 4.78 is 36.3. The van der Waals surface area contributed by atoms with Crippen molar-refractivity contribution in [3.05, 3.63) is 46.8 Å². The van der Waals surface area contributed by atoms with E-state index in [9.17, 15) is 13.2 Å². The zero-order valence-electron chi connectivity index (χ0n) is 13.1. The molecular weight excluding hydrogens is 320 g/mol. The zero-order valence-corrected chi connectivity index (χ0v) is 13.9. The minimum atomic E-state index is -3.74. The third-order valence-corrected chi connectivity index (χ3v) is 4.71. The number of rotatable bonds is 6. The molecule has 23 heavy (non-hydrogen) atoms. The first-order valence-corrected chi connectivity index (χ1v) is 8.41. The summed E-state index contributed by atoms with van der Waals surface area (Å²) in [6, 6.07) is 6.33. The van der Waals surface area contributed by atoms with Crippen LogP contribution in [0.4, 0.5) is 0 Å². The molecule has 0 saturated carbocycles. The highest BCUT2D eigenvalue weighted by molar-refractivity contribution is 7.89. The summed E-state index contributed by atoms with van der Waals surface area (Å²) in [6.07, 6.45) is 0. The lowest BCUT2D eigenvalue weighted by molar-refractivity contribution is -0.143. The molecule has 0 amide bonds. The van der Waals surface area contributed by atoms with E-state index in [0.717, 1.165) is 5.56 Å². The lowest BCUT2D eigenvalue weighted by Crippen LogP contribution is -2.30. The summed E-state index contributed by atoms with van der Waals surface area (Å²) in [5.74, 6) is -0.115. The van der Waals surface area contributed by atoms with E-state index < -0.39 is 22.5 Å². The molecule has 1 aromatic carbocycles. The molecule has 1 heterocycles. The van der Waals surface area contributed by atoms with Crippen molar-refractivity contribution in [2.45, 2.75) is 32.3 Å². The van der Waals surface area contributed by atoms with Crippen molar-refractivity contribution in [2.24, 2.45) is 0 Å². The molecule has 8 heteroatoms. The van der Waals surface area contributed by atoms with Crippen LogP contribution >= 0.6 is 0 Å². The zero-order chi connectivity index (χ0) is 17.0. The fourth-order valence-electron chi connectivity index (χ4n) is 1.87. The summed E-state index contributed by atoms with van der Waals surface area (Å²) >= 11 is 0. The lowest BCUT2D eigenvalue weighted by atomic mass is 10.2. The minimum absolute atomic E-state index is 0.00768. The summed E-state index contributed by atoms with van der Waals surface area (Å²) in [5, 5.41) is 3.75. The first-order chi connectivity index (χ1) is 10.8. The summed E-state index contributed by atoms with van der Waals surface area (Å²) in [4.78, 5) is 11.8. The molecule has 2 aromatic rings. The Morgan fingerprint density at radius 1 is 1.22 bits per heavy atom. The molecule has 0 aliphatic heterocycles. The molecule has 0 atom stereocenters. The smallest absolute Gasteiger partial charge is 0.321 e. The highest BCUT2D eigenvalue weighted by Crippen LogP contribution is 2.13. The second kappa shape index (κ2) is 6.93. The summed E-state index contributed by atoms with van der Waals surface area (Å²) in [6.45, 7) is 4.85. The molecular formula is C15H18N2O5S. The van der Waals surface area contributed by atoms with E-state index in [1.165, 1.54) is 12.1 Å². The molecule has 1 N–H and O–H groups in total. The predicted octanol–water partition coefficient (Wildman–Crippen LogP) is 1.62. The van der Waals surface area contributed by atoms with Crippen LogP contribution < -0.4 is 4.72 Å². The van der Waals surface area contributed by atoms with Crippen LogP contribution in [0.3, 0.4) is 0 Å². The molecule has 0 saturated heterocycles. The quantitative estimate of drug-likeness (QED) is 0.804. The molecule has 0 aliphatic rings. The van der Waals surface area contributed by atoms with Gasteiger partial charge in [0.15, 0.2) is 0 Å². The Labute approximate surface area is 134 Å². The number of nitrogens with one attached hydrogen (secondary N) is 1. The molecule has 0 fully saturated rings. The molecule has 1 aromatic heterocycles. The van der Waals surface area contributed by atoms with E-state index in [-0.39, 0.29) is 11.5 Å². The van der Waals surface area contributed by atoms with Gasteiger partial charge in [-0.05, 0) is 32.9 Å². The fourth-order valence-corrected chi connectivity index (χ4v) is 2.84. The molecule has 124 valence electrons. The predicted molar refractivity (Wildman–Crippen MR) is 82.1 cm³/mol. The van der Waals surface area contributed by atoms with Gasteiger partial charge in [-0.25, -0.2) is 8.42 Å². The van der Waals surface area contributed by atoms with Gasteiger partial charge in [0.25, 0.3) is 0 Å². The van der Waals surface area contributed by atoms with E-state index in [4.69, 9.17) is 9.26 Å². The Morgan fingerprint density at radius 3 is 2.43 bits per heavy atom. The van der Waals surface area contributed by atoms with Gasteiger partial charge in [-0.15, -0.1) is 0 Å². The molecule has 0 unspecified atom stereocenters. The van der Waals surface area contributed by atoms with Crippen molar-refractivity contribution in [1.29, 1.82) is 0 Å². The van der Waals surface area contributed by atoms with Crippen molar-refractivity contribution in [3.8, 4) is 0 Å². The normalized spacial score (nSPS) is 11.4. The van der Waals surface area contributed by atoms with Gasteiger partial charge < -0.3 is 9.26 Å².